The summed E-state index contributed by atoms with van der Waals surface area (Å²) in [7, 11) is 0. The lowest BCUT2D eigenvalue weighted by molar-refractivity contribution is -0.0107. The Balaban J connectivity index is 2.70. The molecule has 0 saturated carbocycles. The van der Waals surface area contributed by atoms with E-state index in [-0.39, 0.29) is 12.1 Å². The Hall–Kier alpha value is -1.69. The second kappa shape index (κ2) is 6.17. The number of amides is 1. The molecule has 1 amide bonds. The number of hydrogen-bond acceptors (Lipinski definition) is 3. The number of nitrogens with one attached hydrogen (secondary N) is 1. The van der Waals surface area contributed by atoms with Crippen LogP contribution in [0.25, 0.3) is 0 Å². The standard InChI is InChI=1S/C14H20F2N2O2/c1-13(2,3)20-12(19)18-11-6-4-10(5-7-11)14(15,16)8-9-17/h4-7H,8-9,17H2,1-3H3,(H,18,19). The molecule has 112 valence electrons. The smallest absolute Gasteiger partial charge is 0.412 e. The largest absolute Gasteiger partial charge is 0.444 e. The lowest BCUT2D eigenvalue weighted by Gasteiger charge is -2.20. The topological polar surface area (TPSA) is 64.3 Å². The van der Waals surface area contributed by atoms with E-state index in [1.165, 1.54) is 24.3 Å². The van der Waals surface area contributed by atoms with Gasteiger partial charge < -0.3 is 10.5 Å². The van der Waals surface area contributed by atoms with Crippen LogP contribution in [-0.4, -0.2) is 18.2 Å². The Morgan fingerprint density at radius 1 is 1.25 bits per heavy atom. The van der Waals surface area contributed by atoms with Gasteiger partial charge in [0.15, 0.2) is 0 Å². The van der Waals surface area contributed by atoms with Crippen molar-refractivity contribution in [2.75, 3.05) is 11.9 Å². The van der Waals surface area contributed by atoms with E-state index in [4.69, 9.17) is 10.5 Å². The first-order chi connectivity index (χ1) is 9.14. The van der Waals surface area contributed by atoms with Gasteiger partial charge in [0.05, 0.1) is 0 Å². The Bertz CT molecular complexity index is 453. The van der Waals surface area contributed by atoms with Gasteiger partial charge in [0.1, 0.15) is 5.60 Å². The van der Waals surface area contributed by atoms with E-state index in [0.29, 0.717) is 5.69 Å². The molecule has 0 fully saturated rings. The maximum atomic E-state index is 13.6. The molecule has 1 aromatic carbocycles. The first-order valence-corrected chi connectivity index (χ1v) is 6.32. The fourth-order valence-corrected chi connectivity index (χ4v) is 1.54. The van der Waals surface area contributed by atoms with Gasteiger partial charge in [-0.1, -0.05) is 12.1 Å². The number of hydrogen-bond donors (Lipinski definition) is 2. The van der Waals surface area contributed by atoms with Gasteiger partial charge in [-0.05, 0) is 39.4 Å². The van der Waals surface area contributed by atoms with Crippen molar-refractivity contribution in [1.29, 1.82) is 0 Å². The van der Waals surface area contributed by atoms with Gasteiger partial charge in [0.25, 0.3) is 5.92 Å². The van der Waals surface area contributed by atoms with Crippen LogP contribution in [0.1, 0.15) is 32.8 Å². The zero-order valence-electron chi connectivity index (χ0n) is 11.9. The third kappa shape index (κ3) is 5.13. The van der Waals surface area contributed by atoms with Gasteiger partial charge in [0, 0.05) is 17.7 Å². The zero-order valence-corrected chi connectivity index (χ0v) is 11.9. The number of carbonyl (C=O) groups is 1. The van der Waals surface area contributed by atoms with Crippen LogP contribution in [0.3, 0.4) is 0 Å². The molecule has 0 heterocycles. The van der Waals surface area contributed by atoms with E-state index >= 15 is 0 Å². The van der Waals surface area contributed by atoms with Gasteiger partial charge in [-0.3, -0.25) is 5.32 Å². The van der Waals surface area contributed by atoms with Crippen LogP contribution >= 0.6 is 0 Å². The predicted molar refractivity (Wildman–Crippen MR) is 73.9 cm³/mol. The Morgan fingerprint density at radius 2 is 1.80 bits per heavy atom. The summed E-state index contributed by atoms with van der Waals surface area (Å²) < 4.78 is 32.2. The minimum absolute atomic E-state index is 0.0924. The number of halogens is 2. The van der Waals surface area contributed by atoms with Crippen LogP contribution in [0.4, 0.5) is 19.3 Å². The van der Waals surface area contributed by atoms with Gasteiger partial charge >= 0.3 is 6.09 Å². The quantitative estimate of drug-likeness (QED) is 0.890. The normalized spacial score (nSPS) is 12.1. The molecule has 0 aliphatic heterocycles. The number of ether oxygens (including phenoxy) is 1. The maximum absolute atomic E-state index is 13.6. The monoisotopic (exact) mass is 286 g/mol. The minimum Gasteiger partial charge on any atom is -0.444 e. The summed E-state index contributed by atoms with van der Waals surface area (Å²) in [5.74, 6) is -2.96. The molecule has 0 spiro atoms. The van der Waals surface area contributed by atoms with Crippen LogP contribution in [0.5, 0.6) is 0 Å². The average Bonchev–Trinajstić information content (AvgIpc) is 2.26. The van der Waals surface area contributed by atoms with Crippen molar-refractivity contribution in [2.45, 2.75) is 38.7 Å². The van der Waals surface area contributed by atoms with E-state index in [2.05, 4.69) is 5.32 Å². The Kier molecular flexibility index (Phi) is 5.05. The number of alkyl halides is 2. The predicted octanol–water partition coefficient (Wildman–Crippen LogP) is 3.47. The molecule has 0 atom stereocenters. The molecular formula is C14H20F2N2O2. The molecule has 0 radical (unpaired) electrons. The van der Waals surface area contributed by atoms with Crippen LogP contribution in [0.2, 0.25) is 0 Å². The van der Waals surface area contributed by atoms with E-state index < -0.39 is 24.0 Å². The summed E-state index contributed by atoms with van der Waals surface area (Å²) in [5.41, 5.74) is 4.81. The summed E-state index contributed by atoms with van der Waals surface area (Å²) in [4.78, 5) is 11.5. The summed E-state index contributed by atoms with van der Waals surface area (Å²) in [6.45, 7) is 5.13. The van der Waals surface area contributed by atoms with E-state index in [1.54, 1.807) is 20.8 Å². The van der Waals surface area contributed by atoms with Crippen molar-refractivity contribution in [1.82, 2.24) is 0 Å². The number of anilines is 1. The van der Waals surface area contributed by atoms with Crippen LogP contribution in [0.15, 0.2) is 24.3 Å². The van der Waals surface area contributed by atoms with E-state index in [1.807, 2.05) is 0 Å². The maximum Gasteiger partial charge on any atom is 0.412 e. The zero-order chi connectivity index (χ0) is 15.4. The fraction of sp³-hybridized carbons (Fsp3) is 0.500. The van der Waals surface area contributed by atoms with Gasteiger partial charge in [-0.2, -0.15) is 0 Å². The van der Waals surface area contributed by atoms with Crippen molar-refractivity contribution in [3.05, 3.63) is 29.8 Å². The third-order valence-electron chi connectivity index (χ3n) is 2.41. The number of benzene rings is 1. The Morgan fingerprint density at radius 3 is 2.25 bits per heavy atom. The first-order valence-electron chi connectivity index (χ1n) is 6.32. The second-order valence-electron chi connectivity index (χ2n) is 5.45. The van der Waals surface area contributed by atoms with Crippen molar-refractivity contribution in [2.24, 2.45) is 5.73 Å². The highest BCUT2D eigenvalue weighted by molar-refractivity contribution is 5.84. The molecule has 0 aliphatic rings. The van der Waals surface area contributed by atoms with Crippen molar-refractivity contribution < 1.29 is 18.3 Å². The molecule has 1 rings (SSSR count). The number of nitrogens with two attached hydrogens (primary N) is 1. The van der Waals surface area contributed by atoms with E-state index in [9.17, 15) is 13.6 Å². The minimum atomic E-state index is -2.96. The van der Waals surface area contributed by atoms with Gasteiger partial charge in [-0.25, -0.2) is 13.6 Å². The molecule has 0 unspecified atom stereocenters. The van der Waals surface area contributed by atoms with Crippen molar-refractivity contribution >= 4 is 11.8 Å². The fourth-order valence-electron chi connectivity index (χ4n) is 1.54. The van der Waals surface area contributed by atoms with Crippen LogP contribution < -0.4 is 11.1 Å². The second-order valence-corrected chi connectivity index (χ2v) is 5.45. The lowest BCUT2D eigenvalue weighted by Crippen LogP contribution is -2.27. The third-order valence-corrected chi connectivity index (χ3v) is 2.41. The molecule has 4 nitrogen and oxygen atoms in total. The first kappa shape index (κ1) is 16.4. The van der Waals surface area contributed by atoms with Crippen LogP contribution in [0, 0.1) is 0 Å². The van der Waals surface area contributed by atoms with E-state index in [0.717, 1.165) is 0 Å². The SMILES string of the molecule is CC(C)(C)OC(=O)Nc1ccc(C(F)(F)CCN)cc1. The highest BCUT2D eigenvalue weighted by Crippen LogP contribution is 2.31. The summed E-state index contributed by atoms with van der Waals surface area (Å²) >= 11 is 0. The average molecular weight is 286 g/mol. The van der Waals surface area contributed by atoms with Crippen LogP contribution in [-0.2, 0) is 10.7 Å². The number of carbonyl (C=O) groups excluding carboxylic acids is 1. The lowest BCUT2D eigenvalue weighted by atomic mass is 10.1. The molecule has 6 heteroatoms. The summed E-state index contributed by atoms with van der Waals surface area (Å²) in [6.07, 6.45) is -1.04. The molecule has 0 aromatic heterocycles. The van der Waals surface area contributed by atoms with Crippen molar-refractivity contribution in [3.63, 3.8) is 0 Å². The van der Waals surface area contributed by atoms with Gasteiger partial charge in [0.2, 0.25) is 0 Å². The summed E-state index contributed by atoms with van der Waals surface area (Å²) in [5, 5.41) is 2.48. The number of rotatable bonds is 4. The highest BCUT2D eigenvalue weighted by atomic mass is 19.3. The molecule has 20 heavy (non-hydrogen) atoms. The molecule has 1 aromatic rings. The Labute approximate surface area is 117 Å². The van der Waals surface area contributed by atoms with Crippen molar-refractivity contribution in [3.8, 4) is 0 Å². The molecule has 0 aliphatic carbocycles. The highest BCUT2D eigenvalue weighted by Gasteiger charge is 2.30. The molecule has 0 bridgehead atoms. The van der Waals surface area contributed by atoms with Gasteiger partial charge in [-0.15, -0.1) is 0 Å². The molecule has 0 saturated heterocycles. The molecule has 3 N–H and O–H groups in total. The summed E-state index contributed by atoms with van der Waals surface area (Å²) in [6, 6.07) is 5.35. The molecular weight excluding hydrogens is 266 g/mol.